The molecule has 18 heavy (non-hydrogen) atoms. The molecule has 0 radical (unpaired) electrons. The summed E-state index contributed by atoms with van der Waals surface area (Å²) in [6, 6.07) is 8.22. The molecule has 0 saturated carbocycles. The van der Waals surface area contributed by atoms with E-state index in [0.29, 0.717) is 0 Å². The second-order valence-corrected chi connectivity index (χ2v) is 8.62. The highest BCUT2D eigenvalue weighted by atomic mass is 79.9. The lowest BCUT2D eigenvalue weighted by molar-refractivity contribution is 1.48. The summed E-state index contributed by atoms with van der Waals surface area (Å²) >= 11 is 21.2. The molecule has 6 heteroatoms. The SMILES string of the molecule is Brc1cc(Br)c(-c2cc(Br)c(Br)cc2Br)cc1Br. The molecule has 0 nitrogen and oxygen atoms in total. The van der Waals surface area contributed by atoms with E-state index in [1.807, 2.05) is 12.1 Å². The number of hydrogen-bond donors (Lipinski definition) is 0. The molecule has 0 fully saturated rings. The first-order valence-corrected chi connectivity index (χ1v) is 9.45. The van der Waals surface area contributed by atoms with Gasteiger partial charge in [-0.15, -0.1) is 0 Å². The molecule has 0 unspecified atom stereocenters. The minimum atomic E-state index is 1.02. The van der Waals surface area contributed by atoms with Gasteiger partial charge in [-0.25, -0.2) is 0 Å². The van der Waals surface area contributed by atoms with Gasteiger partial charge >= 0.3 is 0 Å². The molecule has 0 aliphatic heterocycles. The highest BCUT2D eigenvalue weighted by molar-refractivity contribution is 9.13. The summed E-state index contributed by atoms with van der Waals surface area (Å²) in [5.74, 6) is 0. The van der Waals surface area contributed by atoms with E-state index in [-0.39, 0.29) is 0 Å². The van der Waals surface area contributed by atoms with Gasteiger partial charge in [0, 0.05) is 26.8 Å². The van der Waals surface area contributed by atoms with Gasteiger partial charge in [-0.3, -0.25) is 0 Å². The highest BCUT2D eigenvalue weighted by Gasteiger charge is 2.12. The van der Waals surface area contributed by atoms with Crippen molar-refractivity contribution < 1.29 is 0 Å². The number of halogens is 6. The van der Waals surface area contributed by atoms with Crippen LogP contribution >= 0.6 is 95.6 Å². The van der Waals surface area contributed by atoms with Gasteiger partial charge in [0.25, 0.3) is 0 Å². The third kappa shape index (κ3) is 3.31. The van der Waals surface area contributed by atoms with E-state index >= 15 is 0 Å². The van der Waals surface area contributed by atoms with Crippen LogP contribution in [-0.2, 0) is 0 Å². The molecule has 94 valence electrons. The lowest BCUT2D eigenvalue weighted by Gasteiger charge is -2.11. The van der Waals surface area contributed by atoms with Crippen LogP contribution in [0.5, 0.6) is 0 Å². The Hall–Kier alpha value is 1.32. The molecule has 0 N–H and O–H groups in total. The van der Waals surface area contributed by atoms with Crippen LogP contribution in [-0.4, -0.2) is 0 Å². The first-order valence-electron chi connectivity index (χ1n) is 4.69. The van der Waals surface area contributed by atoms with Crippen molar-refractivity contribution in [1.29, 1.82) is 0 Å². The standard InChI is InChI=1S/C12H4Br6/c13-7-3-11(17)9(15)1-5(7)6-2-10(16)12(18)4-8(6)14/h1-4H. The van der Waals surface area contributed by atoms with Crippen LogP contribution in [0.1, 0.15) is 0 Å². The maximum Gasteiger partial charge on any atom is 0.0329 e. The summed E-state index contributed by atoms with van der Waals surface area (Å²) in [4.78, 5) is 0. The van der Waals surface area contributed by atoms with Crippen molar-refractivity contribution in [2.75, 3.05) is 0 Å². The summed E-state index contributed by atoms with van der Waals surface area (Å²) in [5, 5.41) is 0. The average Bonchev–Trinajstić information content (AvgIpc) is 2.29. The summed E-state index contributed by atoms with van der Waals surface area (Å²) < 4.78 is 6.15. The molecule has 2 aromatic rings. The smallest absolute Gasteiger partial charge is 0.0329 e. The quantitative estimate of drug-likeness (QED) is 0.282. The van der Waals surface area contributed by atoms with E-state index < -0.39 is 0 Å². The molecule has 0 amide bonds. The second-order valence-electron chi connectivity index (χ2n) is 3.49. The third-order valence-corrected chi connectivity index (χ3v) is 7.31. The number of rotatable bonds is 1. The fraction of sp³-hybridized carbons (Fsp3) is 0. The lowest BCUT2D eigenvalue weighted by atomic mass is 10.1. The van der Waals surface area contributed by atoms with E-state index in [9.17, 15) is 0 Å². The molecule has 0 aliphatic rings. The summed E-state index contributed by atoms with van der Waals surface area (Å²) in [7, 11) is 0. The number of hydrogen-bond acceptors (Lipinski definition) is 0. The molecular formula is C12H4Br6. The molecule has 0 aromatic heterocycles. The Morgan fingerprint density at radius 2 is 0.667 bits per heavy atom. The fourth-order valence-corrected chi connectivity index (χ4v) is 4.56. The first-order chi connectivity index (χ1) is 8.40. The maximum absolute atomic E-state index is 3.60. The lowest BCUT2D eigenvalue weighted by Crippen LogP contribution is -1.85. The van der Waals surface area contributed by atoms with Crippen molar-refractivity contribution in [3.05, 3.63) is 51.1 Å². The second kappa shape index (κ2) is 6.39. The van der Waals surface area contributed by atoms with E-state index in [2.05, 4.69) is 108 Å². The van der Waals surface area contributed by atoms with Crippen molar-refractivity contribution in [1.82, 2.24) is 0 Å². The first kappa shape index (κ1) is 15.7. The van der Waals surface area contributed by atoms with E-state index in [1.54, 1.807) is 0 Å². The Morgan fingerprint density at radius 1 is 0.389 bits per heavy atom. The predicted molar refractivity (Wildman–Crippen MR) is 98.1 cm³/mol. The van der Waals surface area contributed by atoms with Crippen LogP contribution in [0.3, 0.4) is 0 Å². The summed E-state index contributed by atoms with van der Waals surface area (Å²) in [5.41, 5.74) is 2.23. The minimum Gasteiger partial charge on any atom is -0.0501 e. The molecule has 0 heterocycles. The van der Waals surface area contributed by atoms with Crippen molar-refractivity contribution in [3.8, 4) is 11.1 Å². The highest BCUT2D eigenvalue weighted by Crippen LogP contribution is 2.41. The number of benzene rings is 2. The van der Waals surface area contributed by atoms with Gasteiger partial charge in [0.15, 0.2) is 0 Å². The van der Waals surface area contributed by atoms with Gasteiger partial charge < -0.3 is 0 Å². The van der Waals surface area contributed by atoms with Gasteiger partial charge in [0.05, 0.1) is 0 Å². The predicted octanol–water partition coefficient (Wildman–Crippen LogP) is 7.93. The van der Waals surface area contributed by atoms with Crippen LogP contribution in [0.4, 0.5) is 0 Å². The Bertz CT molecular complexity index is 565. The topological polar surface area (TPSA) is 0 Å². The zero-order chi connectivity index (χ0) is 13.4. The van der Waals surface area contributed by atoms with Gasteiger partial charge in [0.1, 0.15) is 0 Å². The molecule has 2 rings (SSSR count). The largest absolute Gasteiger partial charge is 0.0501 e. The zero-order valence-electron chi connectivity index (χ0n) is 8.58. The normalized spacial score (nSPS) is 10.8. The van der Waals surface area contributed by atoms with Gasteiger partial charge in [-0.2, -0.15) is 0 Å². The fourth-order valence-electron chi connectivity index (χ4n) is 1.46. The molecule has 2 aromatic carbocycles. The molecule has 0 atom stereocenters. The van der Waals surface area contributed by atoms with Crippen LogP contribution in [0.2, 0.25) is 0 Å². The molecule has 0 aliphatic carbocycles. The Labute approximate surface area is 156 Å². The Balaban J connectivity index is 2.69. The van der Waals surface area contributed by atoms with Crippen molar-refractivity contribution in [3.63, 3.8) is 0 Å². The monoisotopic (exact) mass is 622 g/mol. The van der Waals surface area contributed by atoms with Crippen molar-refractivity contribution >= 4 is 95.6 Å². The third-order valence-electron chi connectivity index (χ3n) is 2.31. The van der Waals surface area contributed by atoms with Gasteiger partial charge in [-0.1, -0.05) is 31.9 Å². The van der Waals surface area contributed by atoms with E-state index in [4.69, 9.17) is 0 Å². The van der Waals surface area contributed by atoms with Gasteiger partial charge in [0.2, 0.25) is 0 Å². The van der Waals surface area contributed by atoms with Crippen molar-refractivity contribution in [2.45, 2.75) is 0 Å². The molecule has 0 spiro atoms. The average molecular weight is 628 g/mol. The summed E-state index contributed by atoms with van der Waals surface area (Å²) in [6.07, 6.45) is 0. The van der Waals surface area contributed by atoms with Crippen molar-refractivity contribution in [2.24, 2.45) is 0 Å². The molecule has 0 bridgehead atoms. The van der Waals surface area contributed by atoms with Crippen LogP contribution in [0.15, 0.2) is 51.1 Å². The molecular weight excluding hydrogens is 624 g/mol. The maximum atomic E-state index is 3.60. The van der Waals surface area contributed by atoms with Crippen LogP contribution < -0.4 is 0 Å². The Morgan fingerprint density at radius 3 is 1.00 bits per heavy atom. The van der Waals surface area contributed by atoms with E-state index in [0.717, 1.165) is 38.0 Å². The van der Waals surface area contributed by atoms with E-state index in [1.165, 1.54) is 0 Å². The van der Waals surface area contributed by atoms with Crippen LogP contribution in [0, 0.1) is 0 Å². The van der Waals surface area contributed by atoms with Gasteiger partial charge in [-0.05, 0) is 99.1 Å². The summed E-state index contributed by atoms with van der Waals surface area (Å²) in [6.45, 7) is 0. The minimum absolute atomic E-state index is 1.02. The Kier molecular flexibility index (Phi) is 5.58. The van der Waals surface area contributed by atoms with Crippen LogP contribution in [0.25, 0.3) is 11.1 Å². The zero-order valence-corrected chi connectivity index (χ0v) is 18.1. The molecule has 0 saturated heterocycles.